The highest BCUT2D eigenvalue weighted by Crippen LogP contribution is 2.31. The van der Waals surface area contributed by atoms with Crippen molar-refractivity contribution in [1.82, 2.24) is 14.5 Å². The number of anilines is 1. The van der Waals surface area contributed by atoms with Gasteiger partial charge < -0.3 is 15.2 Å². The molecule has 2 aromatic heterocycles. The van der Waals surface area contributed by atoms with Crippen molar-refractivity contribution in [3.8, 4) is 5.88 Å². The van der Waals surface area contributed by atoms with Gasteiger partial charge in [-0.1, -0.05) is 0 Å². The molecule has 0 amide bonds. The Morgan fingerprint density at radius 3 is 2.94 bits per heavy atom. The van der Waals surface area contributed by atoms with Crippen LogP contribution in [-0.4, -0.2) is 34.4 Å². The van der Waals surface area contributed by atoms with Crippen LogP contribution in [-0.2, 0) is 4.74 Å². The summed E-state index contributed by atoms with van der Waals surface area (Å²) in [7, 11) is 1.60. The number of imidazole rings is 1. The zero-order valence-corrected chi connectivity index (χ0v) is 10.5. The van der Waals surface area contributed by atoms with Gasteiger partial charge in [0.25, 0.3) is 0 Å². The number of rotatable bonds is 2. The van der Waals surface area contributed by atoms with Crippen LogP contribution in [0, 0.1) is 0 Å². The quantitative estimate of drug-likeness (QED) is 0.868. The monoisotopic (exact) mass is 248 g/mol. The molecular weight excluding hydrogens is 232 g/mol. The topological polar surface area (TPSA) is 75.2 Å². The van der Waals surface area contributed by atoms with Crippen molar-refractivity contribution >= 4 is 17.1 Å². The summed E-state index contributed by atoms with van der Waals surface area (Å²) in [4.78, 5) is 8.77. The molecule has 2 atom stereocenters. The summed E-state index contributed by atoms with van der Waals surface area (Å²) in [5.74, 6) is 1.04. The normalized spacial score (nSPS) is 23.7. The van der Waals surface area contributed by atoms with Crippen LogP contribution in [0.1, 0.15) is 19.4 Å². The number of nitrogens with zero attached hydrogens (tertiary/aromatic N) is 3. The lowest BCUT2D eigenvalue weighted by molar-refractivity contribution is 0.108. The van der Waals surface area contributed by atoms with E-state index in [2.05, 4.69) is 9.97 Å². The Balaban J connectivity index is 2.17. The molecule has 0 spiro atoms. The van der Waals surface area contributed by atoms with Gasteiger partial charge in [-0.05, 0) is 19.4 Å². The number of nitrogens with two attached hydrogens (primary N) is 1. The average molecular weight is 248 g/mol. The van der Waals surface area contributed by atoms with Crippen molar-refractivity contribution < 1.29 is 9.47 Å². The summed E-state index contributed by atoms with van der Waals surface area (Å²) in [6.45, 7) is 2.79. The molecule has 3 rings (SSSR count). The molecule has 0 aliphatic carbocycles. The third-order valence-corrected chi connectivity index (χ3v) is 3.42. The standard InChI is InChI=1S/C12H16N4O2/c1-7-9(5-6-18-7)16-11-8(14-12(16)13)3-4-10(15-11)17-2/h3-4,7,9H,5-6H2,1-2H3,(H2,13,14). The second kappa shape index (κ2) is 4.13. The van der Waals surface area contributed by atoms with Crippen molar-refractivity contribution in [2.24, 2.45) is 0 Å². The van der Waals surface area contributed by atoms with E-state index in [0.29, 0.717) is 11.8 Å². The van der Waals surface area contributed by atoms with Gasteiger partial charge in [-0.3, -0.25) is 4.57 Å². The fraction of sp³-hybridized carbons (Fsp3) is 0.500. The van der Waals surface area contributed by atoms with Gasteiger partial charge >= 0.3 is 0 Å². The predicted octanol–water partition coefficient (Wildman–Crippen LogP) is 1.37. The van der Waals surface area contributed by atoms with Crippen molar-refractivity contribution in [2.45, 2.75) is 25.5 Å². The second-order valence-electron chi connectivity index (χ2n) is 4.47. The van der Waals surface area contributed by atoms with Crippen molar-refractivity contribution in [2.75, 3.05) is 19.5 Å². The molecule has 6 heteroatoms. The van der Waals surface area contributed by atoms with Gasteiger partial charge in [-0.2, -0.15) is 4.98 Å². The molecule has 18 heavy (non-hydrogen) atoms. The fourth-order valence-electron chi connectivity index (χ4n) is 2.47. The van der Waals surface area contributed by atoms with Gasteiger partial charge in [0.05, 0.1) is 19.3 Å². The zero-order chi connectivity index (χ0) is 12.7. The van der Waals surface area contributed by atoms with Crippen LogP contribution in [0.2, 0.25) is 0 Å². The number of fused-ring (bicyclic) bond motifs is 1. The minimum absolute atomic E-state index is 0.123. The Labute approximate surface area is 105 Å². The van der Waals surface area contributed by atoms with Gasteiger partial charge in [0.15, 0.2) is 5.65 Å². The molecule has 1 fully saturated rings. The molecule has 1 aliphatic rings. The van der Waals surface area contributed by atoms with Gasteiger partial charge in [-0.25, -0.2) is 4.98 Å². The molecule has 2 unspecified atom stereocenters. The van der Waals surface area contributed by atoms with Crippen LogP contribution in [0.5, 0.6) is 5.88 Å². The molecule has 6 nitrogen and oxygen atoms in total. The molecule has 0 bridgehead atoms. The van der Waals surface area contributed by atoms with Gasteiger partial charge in [0.1, 0.15) is 5.52 Å². The number of hydrogen-bond acceptors (Lipinski definition) is 5. The number of hydrogen-bond donors (Lipinski definition) is 1. The molecule has 0 radical (unpaired) electrons. The maximum absolute atomic E-state index is 6.00. The van der Waals surface area contributed by atoms with Crippen LogP contribution in [0.15, 0.2) is 12.1 Å². The van der Waals surface area contributed by atoms with E-state index in [1.807, 2.05) is 17.6 Å². The third kappa shape index (κ3) is 1.60. The zero-order valence-electron chi connectivity index (χ0n) is 10.5. The van der Waals surface area contributed by atoms with Crippen molar-refractivity contribution in [3.05, 3.63) is 12.1 Å². The highest BCUT2D eigenvalue weighted by Gasteiger charge is 2.29. The summed E-state index contributed by atoms with van der Waals surface area (Å²) in [5.41, 5.74) is 7.55. The van der Waals surface area contributed by atoms with Crippen LogP contribution in [0.25, 0.3) is 11.2 Å². The molecule has 3 heterocycles. The fourth-order valence-corrected chi connectivity index (χ4v) is 2.47. The highest BCUT2D eigenvalue weighted by molar-refractivity contribution is 5.75. The van der Waals surface area contributed by atoms with Crippen molar-refractivity contribution in [1.29, 1.82) is 0 Å². The molecule has 0 saturated carbocycles. The molecule has 2 N–H and O–H groups in total. The van der Waals surface area contributed by atoms with Crippen LogP contribution < -0.4 is 10.5 Å². The van der Waals surface area contributed by atoms with E-state index in [4.69, 9.17) is 15.2 Å². The summed E-state index contributed by atoms with van der Waals surface area (Å²) >= 11 is 0. The lowest BCUT2D eigenvalue weighted by atomic mass is 10.1. The minimum atomic E-state index is 0.123. The first-order valence-electron chi connectivity index (χ1n) is 6.00. The van der Waals surface area contributed by atoms with Gasteiger partial charge in [0, 0.05) is 12.7 Å². The Kier molecular flexibility index (Phi) is 2.59. The number of ether oxygens (including phenoxy) is 2. The van der Waals surface area contributed by atoms with Gasteiger partial charge in [0.2, 0.25) is 11.8 Å². The third-order valence-electron chi connectivity index (χ3n) is 3.42. The molecule has 1 aliphatic heterocycles. The smallest absolute Gasteiger partial charge is 0.215 e. The van der Waals surface area contributed by atoms with E-state index in [1.54, 1.807) is 13.2 Å². The summed E-state index contributed by atoms with van der Waals surface area (Å²) in [5, 5.41) is 0. The SMILES string of the molecule is COc1ccc2nc(N)n(C3CCOC3C)c2n1. The lowest BCUT2D eigenvalue weighted by Gasteiger charge is -2.17. The first-order chi connectivity index (χ1) is 8.70. The van der Waals surface area contributed by atoms with Crippen molar-refractivity contribution in [3.63, 3.8) is 0 Å². The van der Waals surface area contributed by atoms with Crippen LogP contribution in [0.4, 0.5) is 5.95 Å². The van der Waals surface area contributed by atoms with E-state index in [1.165, 1.54) is 0 Å². The first-order valence-corrected chi connectivity index (χ1v) is 6.00. The van der Waals surface area contributed by atoms with E-state index in [-0.39, 0.29) is 12.1 Å². The largest absolute Gasteiger partial charge is 0.481 e. The number of pyridine rings is 1. The van der Waals surface area contributed by atoms with E-state index < -0.39 is 0 Å². The highest BCUT2D eigenvalue weighted by atomic mass is 16.5. The molecule has 1 saturated heterocycles. The summed E-state index contributed by atoms with van der Waals surface area (Å²) in [6.07, 6.45) is 1.05. The van der Waals surface area contributed by atoms with E-state index in [9.17, 15) is 0 Å². The van der Waals surface area contributed by atoms with Gasteiger partial charge in [-0.15, -0.1) is 0 Å². The maximum atomic E-state index is 6.00. The van der Waals surface area contributed by atoms with E-state index in [0.717, 1.165) is 24.2 Å². The van der Waals surface area contributed by atoms with E-state index >= 15 is 0 Å². The Hall–Kier alpha value is -1.82. The predicted molar refractivity (Wildman–Crippen MR) is 67.6 cm³/mol. The molecule has 96 valence electrons. The number of aromatic nitrogens is 3. The average Bonchev–Trinajstić information content (AvgIpc) is 2.90. The van der Waals surface area contributed by atoms with Crippen LogP contribution in [0.3, 0.4) is 0 Å². The Morgan fingerprint density at radius 1 is 1.44 bits per heavy atom. The minimum Gasteiger partial charge on any atom is -0.481 e. The Morgan fingerprint density at radius 2 is 2.28 bits per heavy atom. The Bertz CT molecular complexity index is 581. The summed E-state index contributed by atoms with van der Waals surface area (Å²) in [6, 6.07) is 3.84. The molecule has 2 aromatic rings. The second-order valence-corrected chi connectivity index (χ2v) is 4.47. The lowest BCUT2D eigenvalue weighted by Crippen LogP contribution is -2.19. The molecule has 0 aromatic carbocycles. The van der Waals surface area contributed by atoms with Crippen LogP contribution >= 0.6 is 0 Å². The first kappa shape index (κ1) is 11.3. The number of nitrogen functional groups attached to an aromatic ring is 1. The molecular formula is C12H16N4O2. The summed E-state index contributed by atoms with van der Waals surface area (Å²) < 4.78 is 12.7. The number of methoxy groups -OCH3 is 1. The maximum Gasteiger partial charge on any atom is 0.215 e.